The van der Waals surface area contributed by atoms with Gasteiger partial charge in [-0.05, 0) is 32.2 Å². The second kappa shape index (κ2) is 8.87. The first-order chi connectivity index (χ1) is 8.83. The standard InChI is InChI=1S/C13H26N2O4/c1-3-4-10(7-8-14)5-6-11(16)15-9-13(2,19)12(17)18/h10,19H,3-9,14H2,1-2H3,(H,15,16)(H,17,18). The molecule has 0 bridgehead atoms. The van der Waals surface area contributed by atoms with E-state index in [9.17, 15) is 14.7 Å². The van der Waals surface area contributed by atoms with Crippen molar-refractivity contribution in [3.05, 3.63) is 0 Å². The van der Waals surface area contributed by atoms with E-state index in [4.69, 9.17) is 10.8 Å². The maximum Gasteiger partial charge on any atom is 0.337 e. The highest BCUT2D eigenvalue weighted by molar-refractivity contribution is 5.80. The molecule has 0 spiro atoms. The van der Waals surface area contributed by atoms with Gasteiger partial charge in [0.1, 0.15) is 0 Å². The number of aliphatic hydroxyl groups is 1. The number of carbonyl (C=O) groups excluding carboxylic acids is 1. The van der Waals surface area contributed by atoms with E-state index in [1.165, 1.54) is 0 Å². The molecule has 0 aliphatic heterocycles. The summed E-state index contributed by atoms with van der Waals surface area (Å²) in [5, 5.41) is 20.6. The third-order valence-corrected chi connectivity index (χ3v) is 3.14. The molecule has 0 aliphatic rings. The second-order valence-corrected chi connectivity index (χ2v) is 5.13. The number of nitrogens with two attached hydrogens (primary N) is 1. The molecular weight excluding hydrogens is 248 g/mol. The van der Waals surface area contributed by atoms with Crippen LogP contribution in [0.25, 0.3) is 0 Å². The Balaban J connectivity index is 4.00. The summed E-state index contributed by atoms with van der Waals surface area (Å²) in [6, 6.07) is 0. The Hall–Kier alpha value is -1.14. The van der Waals surface area contributed by atoms with Gasteiger partial charge in [-0.3, -0.25) is 4.79 Å². The van der Waals surface area contributed by atoms with Crippen LogP contribution in [0.3, 0.4) is 0 Å². The van der Waals surface area contributed by atoms with Gasteiger partial charge in [-0.1, -0.05) is 19.8 Å². The molecule has 6 nitrogen and oxygen atoms in total. The number of carboxylic acids is 1. The SMILES string of the molecule is CCCC(CCN)CCC(=O)NCC(C)(O)C(=O)O. The molecule has 0 aromatic carbocycles. The third-order valence-electron chi connectivity index (χ3n) is 3.14. The number of rotatable bonds is 10. The van der Waals surface area contributed by atoms with Crippen molar-refractivity contribution < 1.29 is 19.8 Å². The summed E-state index contributed by atoms with van der Waals surface area (Å²) in [5.41, 5.74) is 3.60. The average Bonchev–Trinajstić information content (AvgIpc) is 2.34. The minimum absolute atomic E-state index is 0.236. The highest BCUT2D eigenvalue weighted by atomic mass is 16.4. The number of carbonyl (C=O) groups is 2. The smallest absolute Gasteiger partial charge is 0.337 e. The minimum atomic E-state index is -1.92. The number of aliphatic carboxylic acids is 1. The fourth-order valence-electron chi connectivity index (χ4n) is 1.85. The van der Waals surface area contributed by atoms with E-state index in [2.05, 4.69) is 12.2 Å². The maximum atomic E-state index is 11.6. The summed E-state index contributed by atoms with van der Waals surface area (Å²) < 4.78 is 0. The summed E-state index contributed by atoms with van der Waals surface area (Å²) in [6.45, 7) is 3.58. The topological polar surface area (TPSA) is 113 Å². The molecule has 0 heterocycles. The van der Waals surface area contributed by atoms with E-state index in [1.807, 2.05) is 0 Å². The third kappa shape index (κ3) is 7.79. The zero-order valence-electron chi connectivity index (χ0n) is 11.8. The normalized spacial score (nSPS) is 15.6. The van der Waals surface area contributed by atoms with E-state index in [0.29, 0.717) is 18.9 Å². The first-order valence-electron chi connectivity index (χ1n) is 6.76. The number of hydrogen-bond donors (Lipinski definition) is 4. The predicted octanol–water partition coefficient (Wildman–Crippen LogP) is 0.484. The maximum absolute atomic E-state index is 11.6. The second-order valence-electron chi connectivity index (χ2n) is 5.13. The largest absolute Gasteiger partial charge is 0.479 e. The van der Waals surface area contributed by atoms with Crippen LogP contribution in [0.4, 0.5) is 0 Å². The molecule has 112 valence electrons. The van der Waals surface area contributed by atoms with Gasteiger partial charge in [0.05, 0.1) is 6.54 Å². The number of carboxylic acid groups (broad SMARTS) is 1. The highest BCUT2D eigenvalue weighted by Gasteiger charge is 2.30. The van der Waals surface area contributed by atoms with Gasteiger partial charge >= 0.3 is 5.97 Å². The molecule has 5 N–H and O–H groups in total. The van der Waals surface area contributed by atoms with E-state index in [0.717, 1.165) is 32.6 Å². The van der Waals surface area contributed by atoms with Crippen molar-refractivity contribution in [1.82, 2.24) is 5.32 Å². The Labute approximate surface area is 114 Å². The number of nitrogens with one attached hydrogen (secondary N) is 1. The van der Waals surface area contributed by atoms with Gasteiger partial charge < -0.3 is 21.3 Å². The van der Waals surface area contributed by atoms with Gasteiger partial charge in [0, 0.05) is 6.42 Å². The Morgan fingerprint density at radius 3 is 2.42 bits per heavy atom. The summed E-state index contributed by atoms with van der Waals surface area (Å²) in [7, 11) is 0. The van der Waals surface area contributed by atoms with Crippen LogP contribution in [-0.4, -0.2) is 40.8 Å². The predicted molar refractivity (Wildman–Crippen MR) is 72.6 cm³/mol. The lowest BCUT2D eigenvalue weighted by molar-refractivity contribution is -0.156. The van der Waals surface area contributed by atoms with E-state index in [-0.39, 0.29) is 12.5 Å². The molecule has 0 radical (unpaired) electrons. The van der Waals surface area contributed by atoms with Crippen LogP contribution in [-0.2, 0) is 9.59 Å². The molecule has 2 atom stereocenters. The van der Waals surface area contributed by atoms with Crippen LogP contribution < -0.4 is 11.1 Å². The Kier molecular flexibility index (Phi) is 8.34. The van der Waals surface area contributed by atoms with Crippen LogP contribution in [0.5, 0.6) is 0 Å². The van der Waals surface area contributed by atoms with Crippen molar-refractivity contribution in [3.63, 3.8) is 0 Å². The monoisotopic (exact) mass is 274 g/mol. The van der Waals surface area contributed by atoms with Crippen molar-refractivity contribution in [2.45, 2.75) is 51.6 Å². The molecular formula is C13H26N2O4. The summed E-state index contributed by atoms with van der Waals surface area (Å²) in [5.74, 6) is -1.15. The van der Waals surface area contributed by atoms with Gasteiger partial charge in [0.25, 0.3) is 0 Å². The molecule has 1 amide bonds. The van der Waals surface area contributed by atoms with Gasteiger partial charge in [0.2, 0.25) is 5.91 Å². The average molecular weight is 274 g/mol. The molecule has 0 fully saturated rings. The molecule has 0 aromatic heterocycles. The van der Waals surface area contributed by atoms with Crippen molar-refractivity contribution in [1.29, 1.82) is 0 Å². The van der Waals surface area contributed by atoms with Crippen LogP contribution in [0.15, 0.2) is 0 Å². The lowest BCUT2D eigenvalue weighted by Gasteiger charge is -2.19. The molecule has 0 aliphatic carbocycles. The molecule has 19 heavy (non-hydrogen) atoms. The van der Waals surface area contributed by atoms with Crippen LogP contribution >= 0.6 is 0 Å². The van der Waals surface area contributed by atoms with Crippen molar-refractivity contribution in [2.24, 2.45) is 11.7 Å². The Morgan fingerprint density at radius 2 is 1.95 bits per heavy atom. The minimum Gasteiger partial charge on any atom is -0.479 e. The van der Waals surface area contributed by atoms with Crippen molar-refractivity contribution >= 4 is 11.9 Å². The zero-order chi connectivity index (χ0) is 14.9. The highest BCUT2D eigenvalue weighted by Crippen LogP contribution is 2.16. The van der Waals surface area contributed by atoms with E-state index in [1.54, 1.807) is 0 Å². The lowest BCUT2D eigenvalue weighted by Crippen LogP contribution is -2.46. The number of amides is 1. The fourth-order valence-corrected chi connectivity index (χ4v) is 1.85. The Morgan fingerprint density at radius 1 is 1.32 bits per heavy atom. The number of hydrogen-bond acceptors (Lipinski definition) is 4. The van der Waals surface area contributed by atoms with Gasteiger partial charge in [-0.2, -0.15) is 0 Å². The van der Waals surface area contributed by atoms with Gasteiger partial charge in [-0.25, -0.2) is 4.79 Å². The van der Waals surface area contributed by atoms with E-state index >= 15 is 0 Å². The lowest BCUT2D eigenvalue weighted by atomic mass is 9.94. The molecule has 2 unspecified atom stereocenters. The molecule has 0 aromatic rings. The quantitative estimate of drug-likeness (QED) is 0.463. The zero-order valence-corrected chi connectivity index (χ0v) is 11.8. The van der Waals surface area contributed by atoms with Crippen LogP contribution in [0, 0.1) is 5.92 Å². The first-order valence-corrected chi connectivity index (χ1v) is 6.76. The summed E-state index contributed by atoms with van der Waals surface area (Å²) in [4.78, 5) is 22.2. The molecule has 0 saturated carbocycles. The van der Waals surface area contributed by atoms with Crippen LogP contribution in [0.1, 0.15) is 46.0 Å². The summed E-state index contributed by atoms with van der Waals surface area (Å²) >= 11 is 0. The fraction of sp³-hybridized carbons (Fsp3) is 0.846. The van der Waals surface area contributed by atoms with Gasteiger partial charge in [-0.15, -0.1) is 0 Å². The van der Waals surface area contributed by atoms with Crippen molar-refractivity contribution in [2.75, 3.05) is 13.1 Å². The molecule has 0 saturated heterocycles. The summed E-state index contributed by atoms with van der Waals surface area (Å²) in [6.07, 6.45) is 4.07. The van der Waals surface area contributed by atoms with E-state index < -0.39 is 11.6 Å². The molecule has 0 rings (SSSR count). The molecule has 6 heteroatoms. The van der Waals surface area contributed by atoms with Crippen molar-refractivity contribution in [3.8, 4) is 0 Å². The van der Waals surface area contributed by atoms with Gasteiger partial charge in [0.15, 0.2) is 5.60 Å². The van der Waals surface area contributed by atoms with Crippen LogP contribution in [0.2, 0.25) is 0 Å². The first kappa shape index (κ1) is 17.9. The Bertz CT molecular complexity index is 286.